The Labute approximate surface area is 107 Å². The summed E-state index contributed by atoms with van der Waals surface area (Å²) in [5, 5.41) is 2.56. The van der Waals surface area contributed by atoms with Gasteiger partial charge in [0.05, 0.1) is 6.21 Å². The Bertz CT molecular complexity index is 494. The fourth-order valence-electron chi connectivity index (χ4n) is 1.02. The number of benzene rings is 1. The minimum Gasteiger partial charge on any atom is -0.242 e. The first-order valence-corrected chi connectivity index (χ1v) is 4.85. The van der Waals surface area contributed by atoms with Crippen molar-refractivity contribution in [3.63, 3.8) is 0 Å². The van der Waals surface area contributed by atoms with Crippen molar-refractivity contribution in [3.8, 4) is 0 Å². The molecule has 0 atom stereocenters. The van der Waals surface area contributed by atoms with Gasteiger partial charge < -0.3 is 0 Å². The molecule has 112 valence electrons. The second-order valence-electron chi connectivity index (χ2n) is 3.57. The quantitative estimate of drug-likeness (QED) is 0.391. The third kappa shape index (κ3) is 3.36. The summed E-state index contributed by atoms with van der Waals surface area (Å²) in [4.78, 5) is 0. The normalized spacial score (nSPS) is 13.8. The van der Waals surface area contributed by atoms with Crippen LogP contribution >= 0.6 is 0 Å². The van der Waals surface area contributed by atoms with Gasteiger partial charge in [0.2, 0.25) is 0 Å². The maximum Gasteiger partial charge on any atom is 0.462 e. The molecular formula is C10H6F8N2. The number of halogens is 8. The van der Waals surface area contributed by atoms with Crippen LogP contribution < -0.4 is 5.43 Å². The van der Waals surface area contributed by atoms with Crippen LogP contribution in [0, 0.1) is 5.82 Å². The summed E-state index contributed by atoms with van der Waals surface area (Å²) in [6.07, 6.45) is -5.97. The molecule has 1 rings (SSSR count). The summed E-state index contributed by atoms with van der Waals surface area (Å²) >= 11 is 0. The number of alkyl halides is 7. The number of hydrogen-bond donors (Lipinski definition) is 1. The second-order valence-corrected chi connectivity index (χ2v) is 3.57. The Hall–Kier alpha value is -1.87. The molecular weight excluding hydrogens is 300 g/mol. The first-order chi connectivity index (χ1) is 8.97. The van der Waals surface area contributed by atoms with E-state index in [-0.39, 0.29) is 5.56 Å². The highest BCUT2D eigenvalue weighted by molar-refractivity contribution is 5.79. The molecule has 0 bridgehead atoms. The van der Waals surface area contributed by atoms with Crippen molar-refractivity contribution in [1.29, 1.82) is 0 Å². The Kier molecular flexibility index (Phi) is 4.25. The highest BCUT2D eigenvalue weighted by Gasteiger charge is 2.73. The molecule has 0 aliphatic carbocycles. The lowest BCUT2D eigenvalue weighted by molar-refractivity contribution is -0.361. The van der Waals surface area contributed by atoms with Gasteiger partial charge in [-0.25, -0.2) is 9.82 Å². The molecule has 0 unspecified atom stereocenters. The molecule has 0 amide bonds. The highest BCUT2D eigenvalue weighted by Crippen LogP contribution is 2.44. The predicted molar refractivity (Wildman–Crippen MR) is 53.1 cm³/mol. The lowest BCUT2D eigenvalue weighted by Gasteiger charge is -2.27. The fraction of sp³-hybridized carbons (Fsp3) is 0.300. The summed E-state index contributed by atoms with van der Waals surface area (Å²) in [7, 11) is 0. The zero-order valence-corrected chi connectivity index (χ0v) is 9.36. The van der Waals surface area contributed by atoms with E-state index in [2.05, 4.69) is 5.10 Å². The van der Waals surface area contributed by atoms with E-state index < -0.39 is 24.0 Å². The van der Waals surface area contributed by atoms with Crippen LogP contribution in [-0.2, 0) is 0 Å². The van der Waals surface area contributed by atoms with Gasteiger partial charge in [0.15, 0.2) is 0 Å². The minimum atomic E-state index is -6.45. The van der Waals surface area contributed by atoms with Gasteiger partial charge in [-0.2, -0.15) is 35.8 Å². The molecule has 0 aliphatic rings. The van der Waals surface area contributed by atoms with E-state index in [1.807, 2.05) is 0 Å². The van der Waals surface area contributed by atoms with E-state index in [9.17, 15) is 35.1 Å². The molecule has 1 aromatic rings. The zero-order valence-electron chi connectivity index (χ0n) is 9.36. The predicted octanol–water partition coefficient (Wildman–Crippen LogP) is 3.54. The van der Waals surface area contributed by atoms with Crippen LogP contribution in [0.2, 0.25) is 0 Å². The van der Waals surface area contributed by atoms with Gasteiger partial charge >= 0.3 is 18.1 Å². The molecule has 10 heteroatoms. The van der Waals surface area contributed by atoms with Gasteiger partial charge in [-0.3, -0.25) is 0 Å². The van der Waals surface area contributed by atoms with Gasteiger partial charge in [-0.1, -0.05) is 12.1 Å². The molecule has 0 aliphatic heterocycles. The van der Waals surface area contributed by atoms with Gasteiger partial charge in [0.25, 0.3) is 0 Å². The molecule has 0 fully saturated rings. The highest BCUT2D eigenvalue weighted by atomic mass is 19.4. The molecule has 0 radical (unpaired) electrons. The fourth-order valence-corrected chi connectivity index (χ4v) is 1.02. The molecule has 20 heavy (non-hydrogen) atoms. The van der Waals surface area contributed by atoms with Crippen LogP contribution in [0.5, 0.6) is 0 Å². The van der Waals surface area contributed by atoms with Crippen molar-refractivity contribution in [2.24, 2.45) is 5.10 Å². The molecule has 0 saturated carbocycles. The van der Waals surface area contributed by atoms with Crippen molar-refractivity contribution in [3.05, 3.63) is 35.6 Å². The van der Waals surface area contributed by atoms with E-state index >= 15 is 0 Å². The van der Waals surface area contributed by atoms with E-state index in [1.54, 1.807) is 0 Å². The molecule has 0 heterocycles. The van der Waals surface area contributed by atoms with Crippen LogP contribution in [0.15, 0.2) is 29.4 Å². The molecule has 1 aromatic carbocycles. The Balaban J connectivity index is 2.82. The molecule has 0 spiro atoms. The average Bonchev–Trinajstić information content (AvgIpc) is 2.27. The first-order valence-electron chi connectivity index (χ1n) is 4.85. The van der Waals surface area contributed by atoms with Crippen LogP contribution in [0.25, 0.3) is 0 Å². The minimum absolute atomic E-state index is 0.108. The molecule has 0 saturated heterocycles. The SMILES string of the molecule is Fc1cccc(/C=N/NC(F)(F)C(F)(F)C(F)(F)F)c1. The number of nitrogens with one attached hydrogen (secondary N) is 1. The lowest BCUT2D eigenvalue weighted by atomic mass is 10.2. The van der Waals surface area contributed by atoms with Crippen molar-refractivity contribution in [2.45, 2.75) is 18.1 Å². The summed E-state index contributed by atoms with van der Waals surface area (Å²) < 4.78 is 98.2. The largest absolute Gasteiger partial charge is 0.462 e. The third-order valence-electron chi connectivity index (χ3n) is 2.02. The van der Waals surface area contributed by atoms with Crippen LogP contribution in [0.1, 0.15) is 5.56 Å². The van der Waals surface area contributed by atoms with Gasteiger partial charge in [0.1, 0.15) is 5.82 Å². The van der Waals surface area contributed by atoms with E-state index in [1.165, 1.54) is 12.1 Å². The first kappa shape index (κ1) is 16.2. The monoisotopic (exact) mass is 306 g/mol. The maximum atomic E-state index is 12.7. The van der Waals surface area contributed by atoms with E-state index in [0.29, 0.717) is 11.6 Å². The summed E-state index contributed by atoms with van der Waals surface area (Å²) in [5.41, 5.74) is 0.310. The maximum absolute atomic E-state index is 12.7. The van der Waals surface area contributed by atoms with Crippen LogP contribution in [-0.4, -0.2) is 24.4 Å². The van der Waals surface area contributed by atoms with E-state index in [4.69, 9.17) is 0 Å². The van der Waals surface area contributed by atoms with Crippen molar-refractivity contribution >= 4 is 6.21 Å². The number of nitrogens with zero attached hydrogens (tertiary/aromatic N) is 1. The van der Waals surface area contributed by atoms with Gasteiger partial charge in [0, 0.05) is 0 Å². The zero-order chi connectivity index (χ0) is 15.6. The number of hydrazone groups is 1. The van der Waals surface area contributed by atoms with Gasteiger partial charge in [-0.15, -0.1) is 0 Å². The van der Waals surface area contributed by atoms with Crippen molar-refractivity contribution in [2.75, 3.05) is 0 Å². The van der Waals surface area contributed by atoms with Crippen molar-refractivity contribution in [1.82, 2.24) is 5.43 Å². The summed E-state index contributed by atoms with van der Waals surface area (Å²) in [5.74, 6) is -7.07. The Morgan fingerprint density at radius 3 is 2.10 bits per heavy atom. The van der Waals surface area contributed by atoms with Crippen LogP contribution in [0.4, 0.5) is 35.1 Å². The molecule has 2 nitrogen and oxygen atoms in total. The average molecular weight is 306 g/mol. The van der Waals surface area contributed by atoms with Gasteiger partial charge in [-0.05, 0) is 17.7 Å². The second kappa shape index (κ2) is 5.25. The lowest BCUT2D eigenvalue weighted by Crippen LogP contribution is -2.58. The third-order valence-corrected chi connectivity index (χ3v) is 2.02. The summed E-state index contributed by atoms with van der Waals surface area (Å²) in [6.45, 7) is 0. The van der Waals surface area contributed by atoms with Crippen molar-refractivity contribution < 1.29 is 35.1 Å². The number of hydrogen-bond acceptors (Lipinski definition) is 2. The summed E-state index contributed by atoms with van der Waals surface area (Å²) in [6, 6.07) is -1.48. The smallest absolute Gasteiger partial charge is 0.242 e. The van der Waals surface area contributed by atoms with E-state index in [0.717, 1.165) is 12.1 Å². The topological polar surface area (TPSA) is 24.4 Å². The molecule has 1 N–H and O–H groups in total. The Morgan fingerprint density at radius 2 is 1.60 bits per heavy atom. The van der Waals surface area contributed by atoms with Crippen LogP contribution in [0.3, 0.4) is 0 Å². The standard InChI is InChI=1S/C10H6F8N2/c11-7-3-1-2-6(4-7)5-19-20-10(17,18)8(12,13)9(14,15)16/h1-5,20H/b19-5+. The number of rotatable bonds is 4. The molecule has 0 aromatic heterocycles. The Morgan fingerprint density at radius 1 is 1.00 bits per heavy atom.